The van der Waals surface area contributed by atoms with Crippen LogP contribution in [0.4, 0.5) is 5.69 Å². The molecule has 36 heavy (non-hydrogen) atoms. The van der Waals surface area contributed by atoms with E-state index in [2.05, 4.69) is 39.2 Å². The number of anilines is 1. The molecule has 0 aliphatic heterocycles. The van der Waals surface area contributed by atoms with Crippen molar-refractivity contribution >= 4 is 50.2 Å². The van der Waals surface area contributed by atoms with Gasteiger partial charge < -0.3 is 25.9 Å². The Hall–Kier alpha value is -4.10. The van der Waals surface area contributed by atoms with E-state index in [1.807, 2.05) is 60.8 Å². The highest BCUT2D eigenvalue weighted by atomic mass is 16.2. The van der Waals surface area contributed by atoms with Gasteiger partial charge in [0.05, 0.1) is 0 Å². The van der Waals surface area contributed by atoms with E-state index in [1.165, 1.54) is 5.52 Å². The second kappa shape index (κ2) is 10.3. The minimum atomic E-state index is -0.720. The number of H-pyrrole nitrogens is 1. The second-order valence-electron chi connectivity index (χ2n) is 9.06. The predicted molar refractivity (Wildman–Crippen MR) is 146 cm³/mol. The first kappa shape index (κ1) is 23.6. The fourth-order valence-electron chi connectivity index (χ4n) is 4.96. The van der Waals surface area contributed by atoms with Crippen molar-refractivity contribution in [3.05, 3.63) is 78.5 Å². The van der Waals surface area contributed by atoms with Crippen molar-refractivity contribution in [1.29, 1.82) is 0 Å². The fourth-order valence-corrected chi connectivity index (χ4v) is 4.96. The molecule has 0 radical (unpaired) electrons. The fraction of sp³-hybridized carbons (Fsp3) is 0.241. The summed E-state index contributed by atoms with van der Waals surface area (Å²) < 4.78 is 2.27. The molecule has 0 aliphatic rings. The molecule has 0 fully saturated rings. The lowest BCUT2D eigenvalue weighted by Crippen LogP contribution is -2.45. The van der Waals surface area contributed by atoms with Crippen molar-refractivity contribution in [3.63, 3.8) is 0 Å². The van der Waals surface area contributed by atoms with Crippen molar-refractivity contribution in [2.45, 2.75) is 38.8 Å². The third kappa shape index (κ3) is 4.57. The van der Waals surface area contributed by atoms with Gasteiger partial charge in [-0.15, -0.1) is 0 Å². The summed E-state index contributed by atoms with van der Waals surface area (Å²) in [6, 6.07) is 21.5. The van der Waals surface area contributed by atoms with E-state index in [-0.39, 0.29) is 18.2 Å². The molecule has 0 saturated heterocycles. The topological polar surface area (TPSA) is 105 Å². The molecular weight excluding hydrogens is 450 g/mol. The van der Waals surface area contributed by atoms with Crippen molar-refractivity contribution in [1.82, 2.24) is 14.9 Å². The van der Waals surface area contributed by atoms with E-state index < -0.39 is 6.04 Å². The number of para-hydroxylation sites is 2. The maximum atomic E-state index is 13.5. The van der Waals surface area contributed by atoms with E-state index >= 15 is 0 Å². The number of rotatable bonds is 9. The quantitative estimate of drug-likeness (QED) is 0.245. The monoisotopic (exact) mass is 481 g/mol. The molecule has 184 valence electrons. The van der Waals surface area contributed by atoms with Gasteiger partial charge in [-0.05, 0) is 55.8 Å². The predicted octanol–water partition coefficient (Wildman–Crippen LogP) is 4.70. The average molecular weight is 482 g/mol. The minimum absolute atomic E-state index is 0.179. The summed E-state index contributed by atoms with van der Waals surface area (Å²) in [5.74, 6) is -0.429. The molecule has 0 saturated carbocycles. The first-order chi connectivity index (χ1) is 17.6. The lowest BCUT2D eigenvalue weighted by molar-refractivity contribution is -0.126. The van der Waals surface area contributed by atoms with Gasteiger partial charge in [0.25, 0.3) is 0 Å². The maximum absolute atomic E-state index is 13.5. The summed E-state index contributed by atoms with van der Waals surface area (Å²) in [6.45, 7) is 3.42. The van der Waals surface area contributed by atoms with Gasteiger partial charge >= 0.3 is 0 Å². The minimum Gasteiger partial charge on any atom is -0.361 e. The number of hydrogen-bond acceptors (Lipinski definition) is 3. The number of aromatic nitrogens is 2. The Morgan fingerprint density at radius 1 is 0.972 bits per heavy atom. The first-order valence-corrected chi connectivity index (χ1v) is 12.4. The van der Waals surface area contributed by atoms with Gasteiger partial charge in [-0.2, -0.15) is 0 Å². The standard InChI is InChI=1S/C29H31N5O2/c1-2-34-26-11-6-4-9-22(26)23-17-20(13-14-27(23)34)32-29(36)25(33-28(35)12-7-15-30)16-19-18-31-24-10-5-3-8-21(19)24/h3-6,8-11,13-14,17-18,25,31H,2,7,12,15-16,30H2,1H3,(H,32,36)(H,33,35). The van der Waals surface area contributed by atoms with Crippen LogP contribution in [0.3, 0.4) is 0 Å². The lowest BCUT2D eigenvalue weighted by Gasteiger charge is -2.19. The Morgan fingerprint density at radius 2 is 1.72 bits per heavy atom. The summed E-state index contributed by atoms with van der Waals surface area (Å²) in [6.07, 6.45) is 3.15. The number of nitrogens with zero attached hydrogens (tertiary/aromatic N) is 1. The Balaban J connectivity index is 1.43. The number of nitrogens with two attached hydrogens (primary N) is 1. The molecule has 7 heteroatoms. The molecule has 2 aromatic heterocycles. The van der Waals surface area contributed by atoms with Crippen molar-refractivity contribution in [3.8, 4) is 0 Å². The third-order valence-corrected chi connectivity index (χ3v) is 6.71. The molecule has 0 spiro atoms. The van der Waals surface area contributed by atoms with Crippen LogP contribution in [0.25, 0.3) is 32.7 Å². The summed E-state index contributed by atoms with van der Waals surface area (Å²) in [4.78, 5) is 29.3. The van der Waals surface area contributed by atoms with E-state index in [1.54, 1.807) is 0 Å². The van der Waals surface area contributed by atoms with Gasteiger partial charge in [0, 0.05) is 64.0 Å². The van der Waals surface area contributed by atoms with Gasteiger partial charge in [0.1, 0.15) is 6.04 Å². The first-order valence-electron chi connectivity index (χ1n) is 12.4. The molecule has 7 nitrogen and oxygen atoms in total. The third-order valence-electron chi connectivity index (χ3n) is 6.71. The number of fused-ring (bicyclic) bond motifs is 4. The zero-order valence-corrected chi connectivity index (χ0v) is 20.4. The number of amides is 2. The van der Waals surface area contributed by atoms with Crippen LogP contribution < -0.4 is 16.4 Å². The second-order valence-corrected chi connectivity index (χ2v) is 9.06. The maximum Gasteiger partial charge on any atom is 0.247 e. The summed E-state index contributed by atoms with van der Waals surface area (Å²) in [5, 5.41) is 9.26. The molecule has 5 N–H and O–H groups in total. The van der Waals surface area contributed by atoms with Gasteiger partial charge in [-0.1, -0.05) is 36.4 Å². The molecule has 1 unspecified atom stereocenters. The average Bonchev–Trinajstić information content (AvgIpc) is 3.45. The molecule has 2 heterocycles. The van der Waals surface area contributed by atoms with Crippen LogP contribution in [0.1, 0.15) is 25.3 Å². The number of aryl methyl sites for hydroxylation is 1. The van der Waals surface area contributed by atoms with Crippen molar-refractivity contribution in [2.75, 3.05) is 11.9 Å². The Bertz CT molecular complexity index is 1550. The summed E-state index contributed by atoms with van der Waals surface area (Å²) >= 11 is 0. The van der Waals surface area contributed by atoms with Crippen LogP contribution in [-0.4, -0.2) is 34.0 Å². The van der Waals surface area contributed by atoms with Crippen molar-refractivity contribution in [2.24, 2.45) is 5.73 Å². The Labute approximate surface area is 209 Å². The zero-order chi connectivity index (χ0) is 25.1. The number of aromatic amines is 1. The van der Waals surface area contributed by atoms with Gasteiger partial charge in [0.2, 0.25) is 11.8 Å². The number of nitrogens with one attached hydrogen (secondary N) is 3. The van der Waals surface area contributed by atoms with Crippen LogP contribution in [-0.2, 0) is 22.6 Å². The van der Waals surface area contributed by atoms with Crippen LogP contribution in [0, 0.1) is 0 Å². The highest BCUT2D eigenvalue weighted by Crippen LogP contribution is 2.31. The van der Waals surface area contributed by atoms with Crippen molar-refractivity contribution < 1.29 is 9.59 Å². The number of carbonyl (C=O) groups is 2. The number of carbonyl (C=O) groups excluding carboxylic acids is 2. The summed E-state index contributed by atoms with van der Waals surface area (Å²) in [7, 11) is 0. The van der Waals surface area contributed by atoms with Crippen LogP contribution in [0.2, 0.25) is 0 Å². The molecule has 0 bridgehead atoms. The van der Waals surface area contributed by atoms with E-state index in [0.29, 0.717) is 25.1 Å². The molecule has 0 aliphatic carbocycles. The molecular formula is C29H31N5O2. The van der Waals surface area contributed by atoms with Crippen LogP contribution >= 0.6 is 0 Å². The molecule has 2 amide bonds. The van der Waals surface area contributed by atoms with Gasteiger partial charge in [-0.25, -0.2) is 0 Å². The number of hydrogen-bond donors (Lipinski definition) is 4. The summed E-state index contributed by atoms with van der Waals surface area (Å²) in [5.41, 5.74) is 10.5. The van der Waals surface area contributed by atoms with Gasteiger partial charge in [-0.3, -0.25) is 9.59 Å². The van der Waals surface area contributed by atoms with E-state index in [4.69, 9.17) is 5.73 Å². The lowest BCUT2D eigenvalue weighted by atomic mass is 10.0. The van der Waals surface area contributed by atoms with Crippen LogP contribution in [0.15, 0.2) is 72.9 Å². The SMILES string of the molecule is CCn1c2ccccc2c2cc(NC(=O)C(Cc3c[nH]c4ccccc34)NC(=O)CCCN)ccc21. The smallest absolute Gasteiger partial charge is 0.247 e. The largest absolute Gasteiger partial charge is 0.361 e. The van der Waals surface area contributed by atoms with E-state index in [9.17, 15) is 9.59 Å². The van der Waals surface area contributed by atoms with Crippen LogP contribution in [0.5, 0.6) is 0 Å². The molecule has 3 aromatic carbocycles. The molecule has 5 aromatic rings. The highest BCUT2D eigenvalue weighted by molar-refractivity contribution is 6.10. The number of benzene rings is 3. The Morgan fingerprint density at radius 3 is 2.53 bits per heavy atom. The highest BCUT2D eigenvalue weighted by Gasteiger charge is 2.23. The van der Waals surface area contributed by atoms with Gasteiger partial charge in [0.15, 0.2) is 0 Å². The normalized spacial score (nSPS) is 12.3. The molecule has 5 rings (SSSR count). The molecule has 1 atom stereocenters. The van der Waals surface area contributed by atoms with E-state index in [0.717, 1.165) is 39.3 Å². The Kier molecular flexibility index (Phi) is 6.73. The zero-order valence-electron chi connectivity index (χ0n) is 20.4.